The number of nitrogens with one attached hydrogen (secondary N) is 1. The van der Waals surface area contributed by atoms with Crippen molar-refractivity contribution in [1.29, 1.82) is 0 Å². The molecule has 0 aliphatic heterocycles. The number of nitrogens with zero attached hydrogens (tertiary/aromatic N) is 1. The molecule has 1 N–H and O–H groups in total. The average molecular weight is 505 g/mol. The van der Waals surface area contributed by atoms with E-state index < -0.39 is 11.6 Å². The average Bonchev–Trinajstić information content (AvgIpc) is 2.85. The summed E-state index contributed by atoms with van der Waals surface area (Å²) in [6.07, 6.45) is 1.10. The summed E-state index contributed by atoms with van der Waals surface area (Å²) in [6.45, 7) is 8.35. The molecule has 3 aromatic carbocycles. The predicted octanol–water partition coefficient (Wildman–Crippen LogP) is 5.85. The molecular weight excluding hydrogens is 467 g/mol. The molecule has 0 saturated carbocycles. The Hall–Kier alpha value is -3.67. The molecule has 0 heterocycles. The van der Waals surface area contributed by atoms with E-state index in [0.717, 1.165) is 22.4 Å². The highest BCUT2D eigenvalue weighted by molar-refractivity contribution is 5.88. The minimum Gasteiger partial charge on any atom is -0.494 e. The summed E-state index contributed by atoms with van der Waals surface area (Å²) >= 11 is 0. The molecule has 0 spiro atoms. The first kappa shape index (κ1) is 27.9. The second-order valence-corrected chi connectivity index (χ2v) is 10.4. The Kier molecular flexibility index (Phi) is 9.84. The van der Waals surface area contributed by atoms with E-state index in [1.165, 1.54) is 12.1 Å². The normalized spacial score (nSPS) is 12.0. The number of rotatable bonds is 11. The maximum absolute atomic E-state index is 13.6. The summed E-state index contributed by atoms with van der Waals surface area (Å²) < 4.78 is 19.4. The third kappa shape index (κ3) is 9.37. The minimum atomic E-state index is -0.725. The number of amides is 2. The van der Waals surface area contributed by atoms with E-state index in [2.05, 4.69) is 5.32 Å². The highest BCUT2D eigenvalue weighted by Crippen LogP contribution is 2.18. The molecule has 0 aliphatic rings. The Bertz CT molecular complexity index is 1140. The number of aryl methyl sites for hydroxylation is 1. The molecule has 0 aliphatic carbocycles. The number of carbonyl (C=O) groups excluding carboxylic acids is 2. The summed E-state index contributed by atoms with van der Waals surface area (Å²) in [5.41, 5.74) is 2.40. The molecule has 3 aromatic rings. The first-order valence-corrected chi connectivity index (χ1v) is 12.7. The van der Waals surface area contributed by atoms with Gasteiger partial charge in [-0.25, -0.2) is 4.39 Å². The fourth-order valence-electron chi connectivity index (χ4n) is 3.98. The minimum absolute atomic E-state index is 0.151. The van der Waals surface area contributed by atoms with Crippen molar-refractivity contribution >= 4 is 11.8 Å². The molecule has 6 heteroatoms. The summed E-state index contributed by atoms with van der Waals surface area (Å²) in [5.74, 6) is 0.0402. The third-order valence-electron chi connectivity index (χ3n) is 5.86. The van der Waals surface area contributed by atoms with Gasteiger partial charge >= 0.3 is 0 Å². The van der Waals surface area contributed by atoms with Gasteiger partial charge in [0.1, 0.15) is 17.6 Å². The van der Waals surface area contributed by atoms with Crippen molar-refractivity contribution in [2.75, 3.05) is 6.61 Å². The van der Waals surface area contributed by atoms with E-state index in [9.17, 15) is 14.0 Å². The largest absolute Gasteiger partial charge is 0.494 e. The Labute approximate surface area is 219 Å². The van der Waals surface area contributed by atoms with Gasteiger partial charge in [-0.05, 0) is 69.5 Å². The van der Waals surface area contributed by atoms with Crippen LogP contribution in [0.1, 0.15) is 50.3 Å². The molecule has 0 unspecified atom stereocenters. The van der Waals surface area contributed by atoms with E-state index in [1.807, 2.05) is 82.3 Å². The second-order valence-electron chi connectivity index (χ2n) is 10.4. The smallest absolute Gasteiger partial charge is 0.243 e. The van der Waals surface area contributed by atoms with Crippen molar-refractivity contribution in [3.05, 3.63) is 101 Å². The Morgan fingerprint density at radius 2 is 1.57 bits per heavy atom. The monoisotopic (exact) mass is 504 g/mol. The second kappa shape index (κ2) is 13.0. The maximum Gasteiger partial charge on any atom is 0.243 e. The lowest BCUT2D eigenvalue weighted by atomic mass is 10.00. The van der Waals surface area contributed by atoms with Gasteiger partial charge in [0.2, 0.25) is 11.8 Å². The van der Waals surface area contributed by atoms with E-state index >= 15 is 0 Å². The van der Waals surface area contributed by atoms with Crippen molar-refractivity contribution in [2.45, 2.75) is 65.1 Å². The summed E-state index contributed by atoms with van der Waals surface area (Å²) in [7, 11) is 0. The van der Waals surface area contributed by atoms with E-state index in [0.29, 0.717) is 19.4 Å². The van der Waals surface area contributed by atoms with Gasteiger partial charge in [0.05, 0.1) is 6.61 Å². The lowest BCUT2D eigenvalue weighted by molar-refractivity contribution is -0.142. The highest BCUT2D eigenvalue weighted by atomic mass is 19.1. The Morgan fingerprint density at radius 3 is 2.19 bits per heavy atom. The van der Waals surface area contributed by atoms with Crippen LogP contribution in [0.5, 0.6) is 5.75 Å². The molecule has 0 fully saturated rings. The van der Waals surface area contributed by atoms with Crippen LogP contribution in [0, 0.1) is 12.7 Å². The topological polar surface area (TPSA) is 58.6 Å². The Balaban J connectivity index is 1.80. The standard InChI is InChI=1S/C31H37FN2O3/c1-23-12-18-27(19-13-23)37-20-8-11-29(35)34(22-25-14-16-26(32)17-15-25)28(30(36)33-31(2,3)4)21-24-9-6-5-7-10-24/h5-7,9-10,12-19,28H,8,11,20-22H2,1-4H3,(H,33,36)/t28-/m0/s1. The molecule has 0 bridgehead atoms. The fraction of sp³-hybridized carbons (Fsp3) is 0.355. The molecular formula is C31H37FN2O3. The van der Waals surface area contributed by atoms with Crippen molar-refractivity contribution in [2.24, 2.45) is 0 Å². The van der Waals surface area contributed by atoms with Gasteiger partial charge in [0, 0.05) is 24.9 Å². The van der Waals surface area contributed by atoms with Crippen molar-refractivity contribution in [1.82, 2.24) is 10.2 Å². The number of ether oxygens (including phenoxy) is 1. The molecule has 0 saturated heterocycles. The van der Waals surface area contributed by atoms with Crippen LogP contribution in [0.25, 0.3) is 0 Å². The van der Waals surface area contributed by atoms with E-state index in [-0.39, 0.29) is 30.6 Å². The molecule has 37 heavy (non-hydrogen) atoms. The van der Waals surface area contributed by atoms with Crippen LogP contribution in [-0.2, 0) is 22.6 Å². The highest BCUT2D eigenvalue weighted by Gasteiger charge is 2.32. The summed E-state index contributed by atoms with van der Waals surface area (Å²) in [6, 6.07) is 22.8. The maximum atomic E-state index is 13.6. The molecule has 3 rings (SSSR count). The van der Waals surface area contributed by atoms with Crippen LogP contribution in [-0.4, -0.2) is 34.9 Å². The Morgan fingerprint density at radius 1 is 0.919 bits per heavy atom. The van der Waals surface area contributed by atoms with Gasteiger partial charge in [0.25, 0.3) is 0 Å². The van der Waals surface area contributed by atoms with E-state index in [1.54, 1.807) is 17.0 Å². The van der Waals surface area contributed by atoms with Crippen LogP contribution in [0.15, 0.2) is 78.9 Å². The van der Waals surface area contributed by atoms with Gasteiger partial charge in [-0.3, -0.25) is 9.59 Å². The van der Waals surface area contributed by atoms with Crippen LogP contribution < -0.4 is 10.1 Å². The van der Waals surface area contributed by atoms with Crippen molar-refractivity contribution < 1.29 is 18.7 Å². The lowest BCUT2D eigenvalue weighted by Gasteiger charge is -2.34. The zero-order chi connectivity index (χ0) is 26.8. The number of benzene rings is 3. The van der Waals surface area contributed by atoms with E-state index in [4.69, 9.17) is 4.74 Å². The zero-order valence-electron chi connectivity index (χ0n) is 22.2. The molecule has 1 atom stereocenters. The summed E-state index contributed by atoms with van der Waals surface area (Å²) in [4.78, 5) is 28.7. The molecule has 196 valence electrons. The van der Waals surface area contributed by atoms with Gasteiger partial charge in [-0.1, -0.05) is 60.2 Å². The van der Waals surface area contributed by atoms with Crippen LogP contribution >= 0.6 is 0 Å². The molecule has 5 nitrogen and oxygen atoms in total. The lowest BCUT2D eigenvalue weighted by Crippen LogP contribution is -2.54. The number of hydrogen-bond acceptors (Lipinski definition) is 3. The van der Waals surface area contributed by atoms with Crippen LogP contribution in [0.3, 0.4) is 0 Å². The van der Waals surface area contributed by atoms with Crippen LogP contribution in [0.4, 0.5) is 4.39 Å². The molecule has 0 aromatic heterocycles. The number of hydrogen-bond donors (Lipinski definition) is 1. The SMILES string of the molecule is Cc1ccc(OCCCC(=O)N(Cc2ccc(F)cc2)[C@@H](Cc2ccccc2)C(=O)NC(C)(C)C)cc1. The third-order valence-corrected chi connectivity index (χ3v) is 5.86. The molecule has 0 radical (unpaired) electrons. The van der Waals surface area contributed by atoms with Gasteiger partial charge in [-0.15, -0.1) is 0 Å². The van der Waals surface area contributed by atoms with Crippen molar-refractivity contribution in [3.63, 3.8) is 0 Å². The first-order chi connectivity index (χ1) is 17.6. The zero-order valence-corrected chi connectivity index (χ0v) is 22.2. The summed E-state index contributed by atoms with van der Waals surface area (Å²) in [5, 5.41) is 3.05. The van der Waals surface area contributed by atoms with Crippen LogP contribution in [0.2, 0.25) is 0 Å². The van der Waals surface area contributed by atoms with Gasteiger partial charge in [0.15, 0.2) is 0 Å². The molecule has 2 amide bonds. The quantitative estimate of drug-likeness (QED) is 0.334. The number of halogens is 1. The number of carbonyl (C=O) groups is 2. The predicted molar refractivity (Wildman–Crippen MR) is 145 cm³/mol. The van der Waals surface area contributed by atoms with Gasteiger partial charge < -0.3 is 15.0 Å². The van der Waals surface area contributed by atoms with Gasteiger partial charge in [-0.2, -0.15) is 0 Å². The van der Waals surface area contributed by atoms with Crippen molar-refractivity contribution in [3.8, 4) is 5.75 Å². The first-order valence-electron chi connectivity index (χ1n) is 12.7. The fourth-order valence-corrected chi connectivity index (χ4v) is 3.98.